The van der Waals surface area contributed by atoms with Gasteiger partial charge in [0.25, 0.3) is 0 Å². The summed E-state index contributed by atoms with van der Waals surface area (Å²) in [6.07, 6.45) is 8.12. The van der Waals surface area contributed by atoms with E-state index in [9.17, 15) is 0 Å². The Balaban J connectivity index is 3.15. The van der Waals surface area contributed by atoms with Gasteiger partial charge in [-0.2, -0.15) is 0 Å². The Morgan fingerprint density at radius 3 is 2.73 bits per heavy atom. The smallest absolute Gasteiger partial charge is 0.0843 e. The Kier molecular flexibility index (Phi) is 7.52. The van der Waals surface area contributed by atoms with E-state index in [2.05, 4.69) is 6.92 Å². The van der Waals surface area contributed by atoms with Gasteiger partial charge in [-0.25, -0.2) is 0 Å². The van der Waals surface area contributed by atoms with Crippen molar-refractivity contribution in [3.05, 3.63) is 12.2 Å². The van der Waals surface area contributed by atoms with Gasteiger partial charge in [0.15, 0.2) is 0 Å². The second kappa shape index (κ2) is 7.76. The van der Waals surface area contributed by atoms with Crippen molar-refractivity contribution >= 4 is 0 Å². The van der Waals surface area contributed by atoms with Crippen LogP contribution < -0.4 is 5.73 Å². The third kappa shape index (κ3) is 7.56. The summed E-state index contributed by atoms with van der Waals surface area (Å²) >= 11 is 0. The fourth-order valence-electron chi connectivity index (χ4n) is 0.844. The average Bonchev–Trinajstić information content (AvgIpc) is 2.04. The van der Waals surface area contributed by atoms with Crippen molar-refractivity contribution in [2.75, 3.05) is 6.54 Å². The molecule has 2 nitrogen and oxygen atoms in total. The first-order valence-electron chi connectivity index (χ1n) is 4.36. The Morgan fingerprint density at radius 2 is 2.18 bits per heavy atom. The third-order valence-electron chi connectivity index (χ3n) is 1.57. The maximum Gasteiger partial charge on any atom is 0.0843 e. The van der Waals surface area contributed by atoms with Crippen molar-refractivity contribution in [2.45, 2.75) is 38.7 Å². The number of allylic oxidation sites excluding steroid dienone is 1. The fourth-order valence-corrected chi connectivity index (χ4v) is 0.844. The van der Waals surface area contributed by atoms with E-state index in [1.807, 2.05) is 6.08 Å². The molecule has 0 radical (unpaired) electrons. The lowest BCUT2D eigenvalue weighted by Crippen LogP contribution is -2.16. The highest BCUT2D eigenvalue weighted by atomic mass is 16.3. The van der Waals surface area contributed by atoms with Crippen LogP contribution in [-0.4, -0.2) is 17.8 Å². The molecule has 0 saturated heterocycles. The monoisotopic (exact) mass is 157 g/mol. The Bertz CT molecular complexity index is 102. The highest BCUT2D eigenvalue weighted by molar-refractivity contribution is 4.88. The molecule has 0 aliphatic rings. The summed E-state index contributed by atoms with van der Waals surface area (Å²) in [6.45, 7) is 2.50. The molecule has 0 heterocycles. The molecule has 0 aliphatic carbocycles. The summed E-state index contributed by atoms with van der Waals surface area (Å²) < 4.78 is 0. The molecule has 0 bridgehead atoms. The zero-order valence-electron chi connectivity index (χ0n) is 7.29. The number of unbranched alkanes of at least 4 members (excludes halogenated alkanes) is 3. The van der Waals surface area contributed by atoms with Gasteiger partial charge >= 0.3 is 0 Å². The van der Waals surface area contributed by atoms with E-state index in [4.69, 9.17) is 10.8 Å². The second-order valence-electron chi connectivity index (χ2n) is 2.73. The van der Waals surface area contributed by atoms with E-state index >= 15 is 0 Å². The van der Waals surface area contributed by atoms with E-state index < -0.39 is 6.10 Å². The first kappa shape index (κ1) is 10.7. The fraction of sp³-hybridized carbons (Fsp3) is 0.778. The molecule has 1 atom stereocenters. The van der Waals surface area contributed by atoms with Gasteiger partial charge in [0.1, 0.15) is 0 Å². The van der Waals surface area contributed by atoms with Crippen LogP contribution in [0.1, 0.15) is 32.6 Å². The molecule has 0 aromatic carbocycles. The molecule has 1 unspecified atom stereocenters. The zero-order chi connectivity index (χ0) is 8.53. The summed E-state index contributed by atoms with van der Waals surface area (Å²) in [4.78, 5) is 0. The molecule has 0 amide bonds. The molecule has 2 heteroatoms. The van der Waals surface area contributed by atoms with Crippen LogP contribution in [0.25, 0.3) is 0 Å². The molecule has 0 rings (SSSR count). The van der Waals surface area contributed by atoms with Crippen molar-refractivity contribution in [1.82, 2.24) is 0 Å². The maximum absolute atomic E-state index is 9.00. The quantitative estimate of drug-likeness (QED) is 0.452. The Hall–Kier alpha value is -0.340. The van der Waals surface area contributed by atoms with Gasteiger partial charge in [0, 0.05) is 6.54 Å². The summed E-state index contributed by atoms with van der Waals surface area (Å²) in [5, 5.41) is 9.00. The molecule has 0 aliphatic heterocycles. The van der Waals surface area contributed by atoms with Crippen LogP contribution in [0.3, 0.4) is 0 Å². The minimum absolute atomic E-state index is 0.324. The van der Waals surface area contributed by atoms with Crippen LogP contribution in [-0.2, 0) is 0 Å². The second-order valence-corrected chi connectivity index (χ2v) is 2.73. The number of hydrogen-bond donors (Lipinski definition) is 2. The standard InChI is InChI=1S/C9H19NO/c1-2-3-4-5-6-7-9(11)8-10/h6-7,9,11H,2-5,8,10H2,1H3. The first-order valence-corrected chi connectivity index (χ1v) is 4.36. The van der Waals surface area contributed by atoms with Crippen LogP contribution in [0.15, 0.2) is 12.2 Å². The normalized spacial score (nSPS) is 14.1. The van der Waals surface area contributed by atoms with Gasteiger partial charge < -0.3 is 10.8 Å². The average molecular weight is 157 g/mol. The Morgan fingerprint density at radius 1 is 1.45 bits per heavy atom. The van der Waals surface area contributed by atoms with E-state index in [0.717, 1.165) is 6.42 Å². The van der Waals surface area contributed by atoms with Crippen molar-refractivity contribution < 1.29 is 5.11 Å². The predicted octanol–water partition coefficient (Wildman–Crippen LogP) is 1.44. The van der Waals surface area contributed by atoms with Crippen LogP contribution in [0.5, 0.6) is 0 Å². The van der Waals surface area contributed by atoms with Crippen LogP contribution >= 0.6 is 0 Å². The molecular formula is C9H19NO. The number of rotatable bonds is 6. The molecular weight excluding hydrogens is 138 g/mol. The number of hydrogen-bond acceptors (Lipinski definition) is 2. The van der Waals surface area contributed by atoms with Crippen molar-refractivity contribution in [3.63, 3.8) is 0 Å². The van der Waals surface area contributed by atoms with Gasteiger partial charge in [0.05, 0.1) is 6.10 Å². The van der Waals surface area contributed by atoms with E-state index in [-0.39, 0.29) is 0 Å². The topological polar surface area (TPSA) is 46.2 Å². The lowest BCUT2D eigenvalue weighted by Gasteiger charge is -1.98. The third-order valence-corrected chi connectivity index (χ3v) is 1.57. The molecule has 3 N–H and O–H groups in total. The van der Waals surface area contributed by atoms with Gasteiger partial charge in [0.2, 0.25) is 0 Å². The van der Waals surface area contributed by atoms with Crippen LogP contribution in [0.4, 0.5) is 0 Å². The number of nitrogens with two attached hydrogens (primary N) is 1. The maximum atomic E-state index is 9.00. The van der Waals surface area contributed by atoms with Crippen LogP contribution in [0.2, 0.25) is 0 Å². The molecule has 0 fully saturated rings. The number of aliphatic hydroxyl groups is 1. The minimum atomic E-state index is -0.448. The number of aliphatic hydroxyl groups excluding tert-OH is 1. The molecule has 0 aromatic heterocycles. The van der Waals surface area contributed by atoms with Crippen LogP contribution in [0, 0.1) is 0 Å². The van der Waals surface area contributed by atoms with Crippen molar-refractivity contribution in [2.24, 2.45) is 5.73 Å². The highest BCUT2D eigenvalue weighted by Gasteiger charge is 1.90. The zero-order valence-corrected chi connectivity index (χ0v) is 7.29. The van der Waals surface area contributed by atoms with E-state index in [1.54, 1.807) is 6.08 Å². The highest BCUT2D eigenvalue weighted by Crippen LogP contribution is 1.99. The summed E-state index contributed by atoms with van der Waals surface area (Å²) in [5.41, 5.74) is 5.21. The summed E-state index contributed by atoms with van der Waals surface area (Å²) in [5.74, 6) is 0. The molecule has 0 spiro atoms. The summed E-state index contributed by atoms with van der Waals surface area (Å²) in [6, 6.07) is 0. The molecule has 66 valence electrons. The molecule has 0 saturated carbocycles. The van der Waals surface area contributed by atoms with E-state index in [0.29, 0.717) is 6.54 Å². The van der Waals surface area contributed by atoms with Crippen molar-refractivity contribution in [3.8, 4) is 0 Å². The van der Waals surface area contributed by atoms with Gasteiger partial charge in [-0.05, 0) is 12.8 Å². The largest absolute Gasteiger partial charge is 0.388 e. The Labute approximate surface area is 69.1 Å². The lowest BCUT2D eigenvalue weighted by molar-refractivity contribution is 0.231. The van der Waals surface area contributed by atoms with E-state index in [1.165, 1.54) is 19.3 Å². The molecule has 0 aromatic rings. The first-order chi connectivity index (χ1) is 5.31. The summed E-state index contributed by atoms with van der Waals surface area (Å²) in [7, 11) is 0. The van der Waals surface area contributed by atoms with Gasteiger partial charge in [-0.15, -0.1) is 0 Å². The van der Waals surface area contributed by atoms with Gasteiger partial charge in [-0.3, -0.25) is 0 Å². The van der Waals surface area contributed by atoms with Crippen molar-refractivity contribution in [1.29, 1.82) is 0 Å². The lowest BCUT2D eigenvalue weighted by atomic mass is 10.2. The van der Waals surface area contributed by atoms with Gasteiger partial charge in [-0.1, -0.05) is 31.9 Å². The predicted molar refractivity (Wildman–Crippen MR) is 48.3 cm³/mol. The molecule has 11 heavy (non-hydrogen) atoms. The minimum Gasteiger partial charge on any atom is -0.388 e. The SMILES string of the molecule is CCCCCC=CC(O)CN.